The summed E-state index contributed by atoms with van der Waals surface area (Å²) in [6.07, 6.45) is 5.62. The summed E-state index contributed by atoms with van der Waals surface area (Å²) >= 11 is 3.53. The molecule has 1 heterocycles. The fourth-order valence-electron chi connectivity index (χ4n) is 1.67. The molecule has 0 bridgehead atoms. The van der Waals surface area contributed by atoms with Crippen molar-refractivity contribution in [3.63, 3.8) is 0 Å². The highest BCUT2D eigenvalue weighted by molar-refractivity contribution is 9.09. The molecule has 0 saturated carbocycles. The standard InChI is InChI=1S/C12H21BrN2O/c1-4-7-8-9(5-2)11-14-15-12(16-11)10(13)6-3/h9-10H,4-8H2,1-3H3. The van der Waals surface area contributed by atoms with E-state index in [1.165, 1.54) is 12.8 Å². The van der Waals surface area contributed by atoms with Gasteiger partial charge in [-0.2, -0.15) is 0 Å². The monoisotopic (exact) mass is 288 g/mol. The van der Waals surface area contributed by atoms with Crippen molar-refractivity contribution in [2.45, 2.75) is 63.6 Å². The molecule has 2 atom stereocenters. The Bertz CT molecular complexity index is 301. The van der Waals surface area contributed by atoms with Crippen LogP contribution in [0.4, 0.5) is 0 Å². The molecular formula is C12H21BrN2O. The second kappa shape index (κ2) is 7.05. The predicted octanol–water partition coefficient (Wildman–Crippen LogP) is 4.60. The van der Waals surface area contributed by atoms with Crippen LogP contribution in [0, 0.1) is 0 Å². The zero-order valence-corrected chi connectivity index (χ0v) is 12.0. The Balaban J connectivity index is 2.66. The average Bonchev–Trinajstić information content (AvgIpc) is 2.78. The zero-order valence-electron chi connectivity index (χ0n) is 10.4. The number of aromatic nitrogens is 2. The van der Waals surface area contributed by atoms with E-state index in [1.807, 2.05) is 0 Å². The molecule has 1 aromatic heterocycles. The molecule has 4 heteroatoms. The van der Waals surface area contributed by atoms with Crippen molar-refractivity contribution < 1.29 is 4.42 Å². The minimum Gasteiger partial charge on any atom is -0.424 e. The summed E-state index contributed by atoms with van der Waals surface area (Å²) < 4.78 is 5.72. The molecule has 0 fully saturated rings. The smallest absolute Gasteiger partial charge is 0.230 e. The minimum absolute atomic E-state index is 0.192. The maximum atomic E-state index is 5.72. The maximum Gasteiger partial charge on any atom is 0.230 e. The number of halogens is 1. The highest BCUT2D eigenvalue weighted by atomic mass is 79.9. The number of hydrogen-bond donors (Lipinski definition) is 0. The van der Waals surface area contributed by atoms with Crippen LogP contribution in [-0.4, -0.2) is 10.2 Å². The first-order valence-electron chi connectivity index (χ1n) is 6.20. The van der Waals surface area contributed by atoms with Crippen LogP contribution >= 0.6 is 15.9 Å². The second-order valence-corrected chi connectivity index (χ2v) is 5.21. The Labute approximate surface area is 106 Å². The van der Waals surface area contributed by atoms with E-state index in [0.29, 0.717) is 11.8 Å². The van der Waals surface area contributed by atoms with Crippen molar-refractivity contribution in [2.24, 2.45) is 0 Å². The fraction of sp³-hybridized carbons (Fsp3) is 0.833. The van der Waals surface area contributed by atoms with Crippen LogP contribution in [0.25, 0.3) is 0 Å². The van der Waals surface area contributed by atoms with Crippen molar-refractivity contribution in [2.75, 3.05) is 0 Å². The third kappa shape index (κ3) is 3.58. The van der Waals surface area contributed by atoms with Crippen molar-refractivity contribution in [3.8, 4) is 0 Å². The first-order valence-corrected chi connectivity index (χ1v) is 7.11. The van der Waals surface area contributed by atoms with E-state index >= 15 is 0 Å². The van der Waals surface area contributed by atoms with E-state index in [2.05, 4.69) is 46.9 Å². The number of hydrogen-bond acceptors (Lipinski definition) is 3. The Morgan fingerprint density at radius 1 is 1.12 bits per heavy atom. The molecule has 0 saturated heterocycles. The van der Waals surface area contributed by atoms with Gasteiger partial charge in [0.25, 0.3) is 0 Å². The van der Waals surface area contributed by atoms with Crippen LogP contribution in [0.1, 0.15) is 75.4 Å². The Kier molecular flexibility index (Phi) is 6.03. The van der Waals surface area contributed by atoms with Gasteiger partial charge in [0, 0.05) is 5.92 Å². The highest BCUT2D eigenvalue weighted by Gasteiger charge is 2.19. The molecular weight excluding hydrogens is 268 g/mol. The summed E-state index contributed by atoms with van der Waals surface area (Å²) in [5.74, 6) is 1.95. The molecule has 92 valence electrons. The number of rotatable bonds is 7. The third-order valence-electron chi connectivity index (χ3n) is 2.83. The summed E-state index contributed by atoms with van der Waals surface area (Å²) in [5, 5.41) is 8.26. The quantitative estimate of drug-likeness (QED) is 0.689. The van der Waals surface area contributed by atoms with Gasteiger partial charge in [-0.25, -0.2) is 0 Å². The van der Waals surface area contributed by atoms with E-state index < -0.39 is 0 Å². The molecule has 0 aliphatic heterocycles. The first-order chi connectivity index (χ1) is 7.72. The third-order valence-corrected chi connectivity index (χ3v) is 3.87. The molecule has 16 heavy (non-hydrogen) atoms. The summed E-state index contributed by atoms with van der Waals surface area (Å²) in [5.41, 5.74) is 0. The van der Waals surface area contributed by atoms with E-state index in [-0.39, 0.29) is 4.83 Å². The maximum absolute atomic E-state index is 5.72. The number of nitrogens with zero attached hydrogens (tertiary/aromatic N) is 2. The van der Waals surface area contributed by atoms with Gasteiger partial charge in [-0.15, -0.1) is 10.2 Å². The van der Waals surface area contributed by atoms with Crippen LogP contribution in [0.3, 0.4) is 0 Å². The number of unbranched alkanes of at least 4 members (excludes halogenated alkanes) is 1. The SMILES string of the molecule is CCCCC(CC)c1nnc(C(Br)CC)o1. The lowest BCUT2D eigenvalue weighted by Gasteiger charge is -2.08. The summed E-state index contributed by atoms with van der Waals surface area (Å²) in [4.78, 5) is 0.192. The molecule has 1 aromatic rings. The van der Waals surface area contributed by atoms with Crippen LogP contribution in [0.2, 0.25) is 0 Å². The first kappa shape index (κ1) is 13.7. The van der Waals surface area contributed by atoms with Crippen LogP contribution in [0.15, 0.2) is 4.42 Å². The molecule has 0 aromatic carbocycles. The molecule has 3 nitrogen and oxygen atoms in total. The molecule has 0 amide bonds. The second-order valence-electron chi connectivity index (χ2n) is 4.10. The van der Waals surface area contributed by atoms with Gasteiger partial charge in [-0.05, 0) is 19.3 Å². The largest absolute Gasteiger partial charge is 0.424 e. The molecule has 0 radical (unpaired) electrons. The predicted molar refractivity (Wildman–Crippen MR) is 68.8 cm³/mol. The van der Waals surface area contributed by atoms with Crippen molar-refractivity contribution in [3.05, 3.63) is 11.8 Å². The van der Waals surface area contributed by atoms with Crippen molar-refractivity contribution in [1.29, 1.82) is 0 Å². The van der Waals surface area contributed by atoms with Crippen molar-refractivity contribution in [1.82, 2.24) is 10.2 Å². The lowest BCUT2D eigenvalue weighted by molar-refractivity contribution is 0.391. The molecule has 0 spiro atoms. The topological polar surface area (TPSA) is 38.9 Å². The summed E-state index contributed by atoms with van der Waals surface area (Å²) in [6, 6.07) is 0. The highest BCUT2D eigenvalue weighted by Crippen LogP contribution is 2.29. The number of alkyl halides is 1. The Morgan fingerprint density at radius 3 is 2.38 bits per heavy atom. The van der Waals surface area contributed by atoms with Crippen LogP contribution < -0.4 is 0 Å². The lowest BCUT2D eigenvalue weighted by atomic mass is 10.00. The molecule has 2 unspecified atom stereocenters. The normalized spacial score (nSPS) is 15.0. The summed E-state index contributed by atoms with van der Waals surface area (Å²) in [6.45, 7) is 6.48. The van der Waals surface area contributed by atoms with E-state index in [4.69, 9.17) is 4.42 Å². The van der Waals surface area contributed by atoms with Gasteiger partial charge in [0.15, 0.2) is 0 Å². The zero-order chi connectivity index (χ0) is 12.0. The van der Waals surface area contributed by atoms with Gasteiger partial charge >= 0.3 is 0 Å². The fourth-order valence-corrected chi connectivity index (χ4v) is 1.85. The molecule has 0 aliphatic carbocycles. The van der Waals surface area contributed by atoms with Gasteiger partial charge in [0.2, 0.25) is 11.8 Å². The van der Waals surface area contributed by atoms with Gasteiger partial charge in [0.1, 0.15) is 0 Å². The van der Waals surface area contributed by atoms with E-state index in [9.17, 15) is 0 Å². The van der Waals surface area contributed by atoms with Crippen LogP contribution in [-0.2, 0) is 0 Å². The van der Waals surface area contributed by atoms with Gasteiger partial charge in [0.05, 0.1) is 4.83 Å². The Morgan fingerprint density at radius 2 is 1.81 bits per heavy atom. The molecule has 0 N–H and O–H groups in total. The molecule has 1 rings (SSSR count). The molecule has 0 aliphatic rings. The van der Waals surface area contributed by atoms with E-state index in [0.717, 1.165) is 25.2 Å². The van der Waals surface area contributed by atoms with Gasteiger partial charge < -0.3 is 4.42 Å². The lowest BCUT2D eigenvalue weighted by Crippen LogP contribution is -1.97. The van der Waals surface area contributed by atoms with Gasteiger partial charge in [-0.1, -0.05) is 49.5 Å². The Hall–Kier alpha value is -0.380. The van der Waals surface area contributed by atoms with Crippen molar-refractivity contribution >= 4 is 15.9 Å². The minimum atomic E-state index is 0.192. The average molecular weight is 289 g/mol. The van der Waals surface area contributed by atoms with Crippen LogP contribution in [0.5, 0.6) is 0 Å². The van der Waals surface area contributed by atoms with E-state index in [1.54, 1.807) is 0 Å². The summed E-state index contributed by atoms with van der Waals surface area (Å²) in [7, 11) is 0. The van der Waals surface area contributed by atoms with Gasteiger partial charge in [-0.3, -0.25) is 0 Å².